The highest BCUT2D eigenvalue weighted by Gasteiger charge is 2.11. The Kier molecular flexibility index (Phi) is 3.57. The van der Waals surface area contributed by atoms with Crippen LogP contribution in [0.5, 0.6) is 5.75 Å². The van der Waals surface area contributed by atoms with Gasteiger partial charge in [-0.3, -0.25) is 9.48 Å². The van der Waals surface area contributed by atoms with Crippen LogP contribution < -0.4 is 5.32 Å². The molecule has 0 radical (unpaired) electrons. The molecule has 18 heavy (non-hydrogen) atoms. The molecule has 0 unspecified atom stereocenters. The van der Waals surface area contributed by atoms with Gasteiger partial charge in [-0.15, -0.1) is 0 Å². The first-order chi connectivity index (χ1) is 8.66. The Hall–Kier alpha value is -2.37. The molecule has 1 amide bonds. The average Bonchev–Trinajstić information content (AvgIpc) is 2.75. The fourth-order valence-corrected chi connectivity index (χ4v) is 1.58. The van der Waals surface area contributed by atoms with Crippen LogP contribution >= 0.6 is 0 Å². The molecule has 2 N–H and O–H groups in total. The average molecular weight is 246 g/mol. The van der Waals surface area contributed by atoms with Gasteiger partial charge in [0.15, 0.2) is 5.69 Å². The smallest absolute Gasteiger partial charge is 0.273 e. The van der Waals surface area contributed by atoms with E-state index in [0.29, 0.717) is 13.0 Å². The molecule has 6 nitrogen and oxygen atoms in total. The highest BCUT2D eigenvalue weighted by atomic mass is 16.3. The molecule has 0 bridgehead atoms. The van der Waals surface area contributed by atoms with Crippen molar-refractivity contribution >= 4 is 5.91 Å². The Balaban J connectivity index is 1.87. The van der Waals surface area contributed by atoms with E-state index in [0.717, 1.165) is 5.56 Å². The van der Waals surface area contributed by atoms with Gasteiger partial charge in [-0.2, -0.15) is 5.10 Å². The number of hydrogen-bond acceptors (Lipinski definition) is 4. The molecular formula is C12H14N4O2. The summed E-state index contributed by atoms with van der Waals surface area (Å²) in [6, 6.07) is 3.00. The van der Waals surface area contributed by atoms with Crippen molar-refractivity contribution in [3.63, 3.8) is 0 Å². The summed E-state index contributed by atoms with van der Waals surface area (Å²) in [7, 11) is 1.84. The Bertz CT molecular complexity index is 551. The maximum Gasteiger partial charge on any atom is 0.273 e. The minimum absolute atomic E-state index is 0.0451. The Morgan fingerprint density at radius 2 is 2.39 bits per heavy atom. The molecule has 0 aliphatic rings. The van der Waals surface area contributed by atoms with E-state index in [9.17, 15) is 9.90 Å². The number of nitrogens with zero attached hydrogens (tertiary/aromatic N) is 3. The molecule has 94 valence electrons. The molecule has 0 atom stereocenters. The van der Waals surface area contributed by atoms with Crippen molar-refractivity contribution in [3.05, 3.63) is 42.0 Å². The molecule has 0 fully saturated rings. The van der Waals surface area contributed by atoms with Gasteiger partial charge in [0.2, 0.25) is 0 Å². The molecule has 2 heterocycles. The van der Waals surface area contributed by atoms with Crippen molar-refractivity contribution in [1.29, 1.82) is 0 Å². The van der Waals surface area contributed by atoms with Gasteiger partial charge in [0.1, 0.15) is 5.75 Å². The Labute approximate surface area is 104 Å². The van der Waals surface area contributed by atoms with Gasteiger partial charge < -0.3 is 10.4 Å². The zero-order valence-corrected chi connectivity index (χ0v) is 10.00. The van der Waals surface area contributed by atoms with Crippen LogP contribution in [0.3, 0.4) is 0 Å². The van der Waals surface area contributed by atoms with Crippen LogP contribution in [-0.4, -0.2) is 32.3 Å². The second-order valence-corrected chi connectivity index (χ2v) is 3.90. The minimum atomic E-state index is -0.378. The lowest BCUT2D eigenvalue weighted by atomic mass is 10.2. The predicted octanol–water partition coefficient (Wildman–Crippen LogP) is 0.493. The Morgan fingerprint density at radius 3 is 3.06 bits per heavy atom. The van der Waals surface area contributed by atoms with E-state index < -0.39 is 0 Å². The summed E-state index contributed by atoms with van der Waals surface area (Å²) in [5.41, 5.74) is 1.09. The monoisotopic (exact) mass is 246 g/mol. The van der Waals surface area contributed by atoms with E-state index in [1.54, 1.807) is 16.9 Å². The highest BCUT2D eigenvalue weighted by Crippen LogP contribution is 2.11. The predicted molar refractivity (Wildman–Crippen MR) is 65.1 cm³/mol. The second-order valence-electron chi connectivity index (χ2n) is 3.90. The summed E-state index contributed by atoms with van der Waals surface area (Å²) in [6.45, 7) is 0.473. The molecule has 0 saturated heterocycles. The van der Waals surface area contributed by atoms with Gasteiger partial charge in [-0.05, 0) is 24.1 Å². The van der Waals surface area contributed by atoms with Crippen molar-refractivity contribution < 1.29 is 9.90 Å². The summed E-state index contributed by atoms with van der Waals surface area (Å²) >= 11 is 0. The number of carbonyl (C=O) groups is 1. The first kappa shape index (κ1) is 12.1. The molecule has 2 aromatic rings. The zero-order chi connectivity index (χ0) is 13.0. The van der Waals surface area contributed by atoms with Crippen LogP contribution in [0, 0.1) is 0 Å². The van der Waals surface area contributed by atoms with Gasteiger partial charge in [0.05, 0.1) is 6.20 Å². The lowest BCUT2D eigenvalue weighted by molar-refractivity contribution is 0.0946. The number of carbonyl (C=O) groups excluding carboxylic acids is 1. The van der Waals surface area contributed by atoms with Crippen LogP contribution in [0.1, 0.15) is 16.1 Å². The first-order valence-electron chi connectivity index (χ1n) is 5.56. The molecule has 0 aliphatic heterocycles. The second kappa shape index (κ2) is 5.31. The van der Waals surface area contributed by atoms with Crippen molar-refractivity contribution in [3.8, 4) is 5.75 Å². The minimum Gasteiger partial charge on any atom is -0.505 e. The van der Waals surface area contributed by atoms with Gasteiger partial charge in [0, 0.05) is 26.0 Å². The number of nitrogens with one attached hydrogen (secondary N) is 1. The molecule has 0 saturated carbocycles. The van der Waals surface area contributed by atoms with Crippen molar-refractivity contribution in [2.24, 2.45) is 7.05 Å². The standard InChI is InChI=1S/C12H14N4O2/c1-16-8-9(7-15-16)4-6-14-12(18)11-10(17)3-2-5-13-11/h2-3,5,7-8,17H,4,6H2,1H3,(H,14,18). The van der Waals surface area contributed by atoms with Crippen LogP contribution in [0.4, 0.5) is 0 Å². The van der Waals surface area contributed by atoms with Crippen molar-refractivity contribution in [2.75, 3.05) is 6.54 Å². The van der Waals surface area contributed by atoms with Gasteiger partial charge >= 0.3 is 0 Å². The van der Waals surface area contributed by atoms with E-state index in [4.69, 9.17) is 0 Å². The summed E-state index contributed by atoms with van der Waals surface area (Å²) in [5, 5.41) is 16.2. The Morgan fingerprint density at radius 1 is 1.56 bits per heavy atom. The third-order valence-electron chi connectivity index (χ3n) is 2.46. The van der Waals surface area contributed by atoms with Crippen LogP contribution in [0.2, 0.25) is 0 Å². The molecular weight excluding hydrogens is 232 g/mol. The number of pyridine rings is 1. The topological polar surface area (TPSA) is 80.0 Å². The van der Waals surface area contributed by atoms with E-state index in [1.165, 1.54) is 12.3 Å². The highest BCUT2D eigenvalue weighted by molar-refractivity contribution is 5.94. The van der Waals surface area contributed by atoms with Crippen LogP contribution in [0.25, 0.3) is 0 Å². The van der Waals surface area contributed by atoms with Crippen molar-refractivity contribution in [2.45, 2.75) is 6.42 Å². The van der Waals surface area contributed by atoms with Crippen molar-refractivity contribution in [1.82, 2.24) is 20.1 Å². The maximum absolute atomic E-state index is 11.7. The zero-order valence-electron chi connectivity index (χ0n) is 10.00. The fraction of sp³-hybridized carbons (Fsp3) is 0.250. The van der Waals surface area contributed by atoms with Crippen LogP contribution in [-0.2, 0) is 13.5 Å². The maximum atomic E-state index is 11.7. The number of amides is 1. The molecule has 6 heteroatoms. The van der Waals surface area contributed by atoms with E-state index in [2.05, 4.69) is 15.4 Å². The van der Waals surface area contributed by atoms with Gasteiger partial charge in [-0.1, -0.05) is 0 Å². The van der Waals surface area contributed by atoms with E-state index in [1.807, 2.05) is 13.2 Å². The summed E-state index contributed by atoms with van der Waals surface area (Å²) < 4.78 is 1.71. The molecule has 2 rings (SSSR count). The summed E-state index contributed by atoms with van der Waals surface area (Å²) in [6.07, 6.45) is 5.80. The summed E-state index contributed by atoms with van der Waals surface area (Å²) in [4.78, 5) is 15.5. The molecule has 2 aromatic heterocycles. The number of aromatic hydroxyl groups is 1. The van der Waals surface area contributed by atoms with E-state index in [-0.39, 0.29) is 17.4 Å². The largest absolute Gasteiger partial charge is 0.505 e. The normalized spacial score (nSPS) is 10.3. The van der Waals surface area contributed by atoms with Crippen LogP contribution in [0.15, 0.2) is 30.7 Å². The lowest BCUT2D eigenvalue weighted by Crippen LogP contribution is -2.26. The lowest BCUT2D eigenvalue weighted by Gasteiger charge is -2.04. The number of aromatic nitrogens is 3. The SMILES string of the molecule is Cn1cc(CCNC(=O)c2ncccc2O)cn1. The third-order valence-corrected chi connectivity index (χ3v) is 2.46. The third kappa shape index (κ3) is 2.85. The van der Waals surface area contributed by atoms with E-state index >= 15 is 0 Å². The quantitative estimate of drug-likeness (QED) is 0.823. The molecule has 0 spiro atoms. The summed E-state index contributed by atoms with van der Waals surface area (Å²) in [5.74, 6) is -0.492. The molecule has 0 aromatic carbocycles. The molecule has 0 aliphatic carbocycles. The van der Waals surface area contributed by atoms with Gasteiger partial charge in [-0.25, -0.2) is 4.98 Å². The first-order valence-corrected chi connectivity index (χ1v) is 5.56. The van der Waals surface area contributed by atoms with Gasteiger partial charge in [0.25, 0.3) is 5.91 Å². The fourth-order valence-electron chi connectivity index (χ4n) is 1.58. The number of aryl methyl sites for hydroxylation is 1. The number of hydrogen-bond donors (Lipinski definition) is 2. The number of rotatable bonds is 4.